The zero-order valence-corrected chi connectivity index (χ0v) is 8.08. The van der Waals surface area contributed by atoms with E-state index in [1.807, 2.05) is 6.07 Å². The molecule has 1 aliphatic rings. The topological polar surface area (TPSA) is 35.2 Å². The van der Waals surface area contributed by atoms with E-state index in [9.17, 15) is 0 Å². The van der Waals surface area contributed by atoms with Crippen molar-refractivity contribution in [2.75, 3.05) is 0 Å². The number of para-hydroxylation sites is 1. The average Bonchev–Trinajstić information content (AvgIpc) is 2.45. The number of fused-ring (bicyclic) bond motifs is 1. The van der Waals surface area contributed by atoms with Gasteiger partial charge in [-0.25, -0.2) is 0 Å². The first-order valence-corrected chi connectivity index (χ1v) is 4.75. The van der Waals surface area contributed by atoms with E-state index in [0.29, 0.717) is 0 Å². The summed E-state index contributed by atoms with van der Waals surface area (Å²) >= 11 is 0. The van der Waals surface area contributed by atoms with Gasteiger partial charge >= 0.3 is 0 Å². The standard InChI is InChI=1S/C11H15NO/c1-3-9-10(12)8-6-4-5-7(2)11(8)13-9/h4-6,9-10H,3,12H2,1-2H3. The van der Waals surface area contributed by atoms with Crippen LogP contribution in [-0.2, 0) is 0 Å². The molecule has 0 aliphatic carbocycles. The Balaban J connectivity index is 2.43. The Morgan fingerprint density at radius 3 is 2.85 bits per heavy atom. The van der Waals surface area contributed by atoms with Gasteiger partial charge in [0.05, 0.1) is 6.04 Å². The van der Waals surface area contributed by atoms with E-state index < -0.39 is 0 Å². The van der Waals surface area contributed by atoms with E-state index >= 15 is 0 Å². The van der Waals surface area contributed by atoms with Crippen molar-refractivity contribution in [1.82, 2.24) is 0 Å². The van der Waals surface area contributed by atoms with Gasteiger partial charge in [0, 0.05) is 5.56 Å². The predicted octanol–water partition coefficient (Wildman–Crippen LogP) is 2.17. The third-order valence-electron chi connectivity index (χ3n) is 2.67. The number of aryl methyl sites for hydroxylation is 1. The fourth-order valence-electron chi connectivity index (χ4n) is 1.86. The lowest BCUT2D eigenvalue weighted by Gasteiger charge is -2.11. The van der Waals surface area contributed by atoms with Gasteiger partial charge in [-0.05, 0) is 18.9 Å². The first-order valence-electron chi connectivity index (χ1n) is 4.75. The Kier molecular flexibility index (Phi) is 2.00. The largest absolute Gasteiger partial charge is 0.488 e. The molecule has 0 aromatic heterocycles. The Hall–Kier alpha value is -1.02. The van der Waals surface area contributed by atoms with Crippen molar-refractivity contribution < 1.29 is 4.74 Å². The van der Waals surface area contributed by atoms with Crippen LogP contribution < -0.4 is 10.5 Å². The number of rotatable bonds is 1. The minimum Gasteiger partial charge on any atom is -0.488 e. The van der Waals surface area contributed by atoms with E-state index in [0.717, 1.165) is 17.7 Å². The normalized spacial score (nSPS) is 25.5. The van der Waals surface area contributed by atoms with E-state index in [2.05, 4.69) is 26.0 Å². The lowest BCUT2D eigenvalue weighted by Crippen LogP contribution is -2.24. The molecule has 2 N–H and O–H groups in total. The summed E-state index contributed by atoms with van der Waals surface area (Å²) < 4.78 is 5.77. The zero-order valence-electron chi connectivity index (χ0n) is 8.08. The maximum atomic E-state index is 6.04. The van der Waals surface area contributed by atoms with Crippen molar-refractivity contribution in [3.63, 3.8) is 0 Å². The molecule has 1 aromatic rings. The molecule has 0 radical (unpaired) electrons. The Morgan fingerprint density at radius 2 is 2.23 bits per heavy atom. The second kappa shape index (κ2) is 3.04. The molecule has 0 saturated carbocycles. The van der Waals surface area contributed by atoms with Crippen LogP contribution in [0.2, 0.25) is 0 Å². The van der Waals surface area contributed by atoms with Gasteiger partial charge in [-0.2, -0.15) is 0 Å². The van der Waals surface area contributed by atoms with Gasteiger partial charge < -0.3 is 10.5 Å². The molecule has 13 heavy (non-hydrogen) atoms. The molecule has 2 atom stereocenters. The van der Waals surface area contributed by atoms with Crippen LogP contribution in [-0.4, -0.2) is 6.10 Å². The molecule has 0 bridgehead atoms. The zero-order chi connectivity index (χ0) is 9.42. The van der Waals surface area contributed by atoms with Gasteiger partial charge in [-0.3, -0.25) is 0 Å². The number of nitrogens with two attached hydrogens (primary N) is 1. The second-order valence-corrected chi connectivity index (χ2v) is 3.58. The number of hydrogen-bond acceptors (Lipinski definition) is 2. The lowest BCUT2D eigenvalue weighted by atomic mass is 10.0. The van der Waals surface area contributed by atoms with Gasteiger partial charge in [0.25, 0.3) is 0 Å². The molecule has 2 rings (SSSR count). The summed E-state index contributed by atoms with van der Waals surface area (Å²) in [6.45, 7) is 4.16. The van der Waals surface area contributed by atoms with Crippen LogP contribution in [0.25, 0.3) is 0 Å². The minimum atomic E-state index is 0.0555. The van der Waals surface area contributed by atoms with Crippen molar-refractivity contribution >= 4 is 0 Å². The van der Waals surface area contributed by atoms with Crippen molar-refractivity contribution in [3.05, 3.63) is 29.3 Å². The van der Waals surface area contributed by atoms with Crippen LogP contribution in [0.1, 0.15) is 30.5 Å². The average molecular weight is 177 g/mol. The number of hydrogen-bond donors (Lipinski definition) is 1. The molecule has 1 aromatic carbocycles. The summed E-state index contributed by atoms with van der Waals surface area (Å²) in [6, 6.07) is 6.21. The number of benzene rings is 1. The molecule has 2 unspecified atom stereocenters. The van der Waals surface area contributed by atoms with Gasteiger partial charge in [-0.15, -0.1) is 0 Å². The Bertz CT molecular complexity index is 322. The highest BCUT2D eigenvalue weighted by atomic mass is 16.5. The van der Waals surface area contributed by atoms with Crippen LogP contribution in [0, 0.1) is 6.92 Å². The quantitative estimate of drug-likeness (QED) is 0.713. The molecule has 1 heterocycles. The van der Waals surface area contributed by atoms with Crippen molar-refractivity contribution in [3.8, 4) is 5.75 Å². The highest BCUT2D eigenvalue weighted by Crippen LogP contribution is 2.38. The van der Waals surface area contributed by atoms with Gasteiger partial charge in [-0.1, -0.05) is 25.1 Å². The monoisotopic (exact) mass is 177 g/mol. The Labute approximate surface area is 78.7 Å². The lowest BCUT2D eigenvalue weighted by molar-refractivity contribution is 0.201. The summed E-state index contributed by atoms with van der Waals surface area (Å²) in [7, 11) is 0. The molecule has 70 valence electrons. The van der Waals surface area contributed by atoms with Crippen molar-refractivity contribution in [2.24, 2.45) is 5.73 Å². The van der Waals surface area contributed by atoms with Crippen LogP contribution in [0.4, 0.5) is 0 Å². The third-order valence-corrected chi connectivity index (χ3v) is 2.67. The summed E-state index contributed by atoms with van der Waals surface area (Å²) in [5.74, 6) is 1.00. The van der Waals surface area contributed by atoms with E-state index in [1.54, 1.807) is 0 Å². The fraction of sp³-hybridized carbons (Fsp3) is 0.455. The first-order chi connectivity index (χ1) is 6.24. The van der Waals surface area contributed by atoms with Gasteiger partial charge in [0.2, 0.25) is 0 Å². The molecule has 0 fully saturated rings. The maximum absolute atomic E-state index is 6.04. The smallest absolute Gasteiger partial charge is 0.127 e. The van der Waals surface area contributed by atoms with Crippen LogP contribution >= 0.6 is 0 Å². The van der Waals surface area contributed by atoms with Crippen molar-refractivity contribution in [2.45, 2.75) is 32.4 Å². The van der Waals surface area contributed by atoms with Crippen LogP contribution in [0.5, 0.6) is 5.75 Å². The first kappa shape index (κ1) is 8.57. The van der Waals surface area contributed by atoms with E-state index in [-0.39, 0.29) is 12.1 Å². The summed E-state index contributed by atoms with van der Waals surface area (Å²) in [6.07, 6.45) is 1.13. The molecular formula is C11H15NO. The molecule has 1 aliphatic heterocycles. The highest BCUT2D eigenvalue weighted by Gasteiger charge is 2.30. The molecule has 2 nitrogen and oxygen atoms in total. The number of ether oxygens (including phenoxy) is 1. The second-order valence-electron chi connectivity index (χ2n) is 3.58. The summed E-state index contributed by atoms with van der Waals surface area (Å²) in [5.41, 5.74) is 8.39. The van der Waals surface area contributed by atoms with Gasteiger partial charge in [0.15, 0.2) is 0 Å². The summed E-state index contributed by atoms with van der Waals surface area (Å²) in [4.78, 5) is 0. The Morgan fingerprint density at radius 1 is 1.46 bits per heavy atom. The maximum Gasteiger partial charge on any atom is 0.127 e. The molecule has 0 amide bonds. The predicted molar refractivity (Wildman–Crippen MR) is 52.8 cm³/mol. The fourth-order valence-corrected chi connectivity index (χ4v) is 1.86. The summed E-state index contributed by atoms with van der Waals surface area (Å²) in [5, 5.41) is 0. The molecule has 0 spiro atoms. The van der Waals surface area contributed by atoms with E-state index in [1.165, 1.54) is 5.56 Å². The van der Waals surface area contributed by atoms with E-state index in [4.69, 9.17) is 10.5 Å². The van der Waals surface area contributed by atoms with Crippen LogP contribution in [0.15, 0.2) is 18.2 Å². The van der Waals surface area contributed by atoms with Crippen LogP contribution in [0.3, 0.4) is 0 Å². The molecule has 0 saturated heterocycles. The minimum absolute atomic E-state index is 0.0555. The molecule has 2 heteroatoms. The molecular weight excluding hydrogens is 162 g/mol. The highest BCUT2D eigenvalue weighted by molar-refractivity contribution is 5.46. The van der Waals surface area contributed by atoms with Gasteiger partial charge in [0.1, 0.15) is 11.9 Å². The third kappa shape index (κ3) is 1.22. The SMILES string of the molecule is CCC1Oc2c(C)cccc2C1N. The van der Waals surface area contributed by atoms with Crippen molar-refractivity contribution in [1.29, 1.82) is 0 Å².